The summed E-state index contributed by atoms with van der Waals surface area (Å²) in [6, 6.07) is 10.4. The summed E-state index contributed by atoms with van der Waals surface area (Å²) < 4.78 is 8.11. The van der Waals surface area contributed by atoms with Crippen LogP contribution < -0.4 is 15.4 Å². The highest BCUT2D eigenvalue weighted by atomic mass is 32.2. The number of hydrogen-bond acceptors (Lipinski definition) is 5. The molecule has 0 radical (unpaired) electrons. The Kier molecular flexibility index (Phi) is 9.34. The standard InChI is InChI=1S/C22H34N6OS/c1-3-23-21(25-16-17-29-19-12-5-4-6-13-19)24-15-9-14-20-26-27-22(30-2)28(20)18-10-7-8-11-18/h4-6,12-13,18H,3,7-11,14-17H2,1-2H3,(H2,23,24,25). The van der Waals surface area contributed by atoms with E-state index in [9.17, 15) is 0 Å². The van der Waals surface area contributed by atoms with Gasteiger partial charge in [-0.1, -0.05) is 42.8 Å². The molecular formula is C22H34N6OS. The minimum atomic E-state index is 0.574. The number of thioether (sulfide) groups is 1. The maximum Gasteiger partial charge on any atom is 0.191 e. The molecule has 0 atom stereocenters. The lowest BCUT2D eigenvalue weighted by atomic mass is 10.2. The SMILES string of the molecule is CCNC(=NCCCc1nnc(SC)n1C1CCCC1)NCCOc1ccccc1. The Morgan fingerprint density at radius 1 is 1.20 bits per heavy atom. The van der Waals surface area contributed by atoms with Crippen LogP contribution in [0.2, 0.25) is 0 Å². The van der Waals surface area contributed by atoms with Crippen molar-refractivity contribution in [3.8, 4) is 5.75 Å². The zero-order valence-corrected chi connectivity index (χ0v) is 19.0. The van der Waals surface area contributed by atoms with Crippen LogP contribution in [0.25, 0.3) is 0 Å². The van der Waals surface area contributed by atoms with E-state index in [0.717, 1.165) is 48.6 Å². The first-order valence-electron chi connectivity index (χ1n) is 11.0. The maximum absolute atomic E-state index is 5.73. The van der Waals surface area contributed by atoms with E-state index >= 15 is 0 Å². The largest absolute Gasteiger partial charge is 0.492 e. The van der Waals surface area contributed by atoms with Gasteiger partial charge >= 0.3 is 0 Å². The molecule has 1 aromatic heterocycles. The van der Waals surface area contributed by atoms with Crippen molar-refractivity contribution in [3.63, 3.8) is 0 Å². The Morgan fingerprint density at radius 3 is 2.73 bits per heavy atom. The molecule has 0 amide bonds. The molecular weight excluding hydrogens is 396 g/mol. The van der Waals surface area contributed by atoms with Crippen molar-refractivity contribution in [1.82, 2.24) is 25.4 Å². The monoisotopic (exact) mass is 430 g/mol. The maximum atomic E-state index is 5.73. The van der Waals surface area contributed by atoms with Crippen LogP contribution in [-0.2, 0) is 6.42 Å². The van der Waals surface area contributed by atoms with Crippen molar-refractivity contribution in [2.75, 3.05) is 32.5 Å². The first-order valence-corrected chi connectivity index (χ1v) is 12.2. The summed E-state index contributed by atoms with van der Waals surface area (Å²) in [6.45, 7) is 4.95. The molecule has 1 aliphatic rings. The van der Waals surface area contributed by atoms with Crippen LogP contribution in [0.4, 0.5) is 0 Å². The van der Waals surface area contributed by atoms with Crippen molar-refractivity contribution in [2.45, 2.75) is 56.6 Å². The molecule has 7 nitrogen and oxygen atoms in total. The summed E-state index contributed by atoms with van der Waals surface area (Å²) >= 11 is 1.69. The molecule has 1 fully saturated rings. The fraction of sp³-hybridized carbons (Fsp3) is 0.591. The molecule has 0 saturated heterocycles. The van der Waals surface area contributed by atoms with Crippen LogP contribution >= 0.6 is 11.8 Å². The first kappa shape index (κ1) is 22.5. The summed E-state index contributed by atoms with van der Waals surface area (Å²) in [5.41, 5.74) is 0. The third-order valence-corrected chi connectivity index (χ3v) is 5.83. The number of aromatic nitrogens is 3. The lowest BCUT2D eigenvalue weighted by molar-refractivity contribution is 0.322. The van der Waals surface area contributed by atoms with Gasteiger partial charge in [0.15, 0.2) is 11.1 Å². The van der Waals surface area contributed by atoms with E-state index in [1.54, 1.807) is 11.8 Å². The molecule has 2 N–H and O–H groups in total. The Hall–Kier alpha value is -2.22. The van der Waals surface area contributed by atoms with E-state index < -0.39 is 0 Å². The number of ether oxygens (including phenoxy) is 1. The van der Waals surface area contributed by atoms with Crippen LogP contribution in [0.1, 0.15) is 50.9 Å². The summed E-state index contributed by atoms with van der Waals surface area (Å²) in [7, 11) is 0. The average molecular weight is 431 g/mol. The number of para-hydroxylation sites is 1. The van der Waals surface area contributed by atoms with Gasteiger partial charge in [-0.15, -0.1) is 10.2 Å². The molecule has 2 aromatic rings. The quantitative estimate of drug-likeness (QED) is 0.245. The molecule has 8 heteroatoms. The van der Waals surface area contributed by atoms with E-state index in [2.05, 4.69) is 38.6 Å². The number of aliphatic imine (C=N–C) groups is 1. The molecule has 1 aromatic carbocycles. The van der Waals surface area contributed by atoms with Gasteiger partial charge < -0.3 is 19.9 Å². The second kappa shape index (κ2) is 12.5. The number of rotatable bonds is 11. The predicted octanol–water partition coefficient (Wildman–Crippen LogP) is 3.68. The highest BCUT2D eigenvalue weighted by Crippen LogP contribution is 2.33. The highest BCUT2D eigenvalue weighted by Gasteiger charge is 2.23. The molecule has 0 bridgehead atoms. The normalized spacial score (nSPS) is 14.8. The minimum Gasteiger partial charge on any atom is -0.492 e. The number of benzene rings is 1. The zero-order valence-electron chi connectivity index (χ0n) is 18.1. The second-order valence-electron chi connectivity index (χ2n) is 7.36. The Bertz CT molecular complexity index is 773. The van der Waals surface area contributed by atoms with Gasteiger partial charge in [-0.3, -0.25) is 4.99 Å². The molecule has 164 valence electrons. The summed E-state index contributed by atoms with van der Waals surface area (Å²) in [5.74, 6) is 2.82. The molecule has 1 aliphatic carbocycles. The van der Waals surface area contributed by atoms with Gasteiger partial charge in [0.2, 0.25) is 0 Å². The molecule has 0 aliphatic heterocycles. The summed E-state index contributed by atoms with van der Waals surface area (Å²) in [5, 5.41) is 16.6. The Morgan fingerprint density at radius 2 is 2.00 bits per heavy atom. The molecule has 0 unspecified atom stereocenters. The number of nitrogens with one attached hydrogen (secondary N) is 2. The van der Waals surface area contributed by atoms with Crippen LogP contribution in [0.5, 0.6) is 5.75 Å². The van der Waals surface area contributed by atoms with E-state index in [-0.39, 0.29) is 0 Å². The van der Waals surface area contributed by atoms with Gasteiger partial charge in [0, 0.05) is 25.6 Å². The molecule has 0 spiro atoms. The fourth-order valence-electron chi connectivity index (χ4n) is 3.77. The van der Waals surface area contributed by atoms with Crippen molar-refractivity contribution in [1.29, 1.82) is 0 Å². The lowest BCUT2D eigenvalue weighted by Gasteiger charge is -2.16. The van der Waals surface area contributed by atoms with Gasteiger partial charge in [0.25, 0.3) is 0 Å². The second-order valence-corrected chi connectivity index (χ2v) is 8.14. The molecule has 1 saturated carbocycles. The van der Waals surface area contributed by atoms with Crippen molar-refractivity contribution in [2.24, 2.45) is 4.99 Å². The van der Waals surface area contributed by atoms with E-state index in [1.165, 1.54) is 25.7 Å². The van der Waals surface area contributed by atoms with Gasteiger partial charge in [0.1, 0.15) is 18.2 Å². The third-order valence-electron chi connectivity index (χ3n) is 5.19. The molecule has 30 heavy (non-hydrogen) atoms. The van der Waals surface area contributed by atoms with Crippen molar-refractivity contribution in [3.05, 3.63) is 36.2 Å². The number of aryl methyl sites for hydroxylation is 1. The van der Waals surface area contributed by atoms with Crippen LogP contribution in [0.3, 0.4) is 0 Å². The predicted molar refractivity (Wildman–Crippen MR) is 124 cm³/mol. The van der Waals surface area contributed by atoms with Gasteiger partial charge in [-0.25, -0.2) is 0 Å². The van der Waals surface area contributed by atoms with Crippen LogP contribution in [0.15, 0.2) is 40.5 Å². The first-order chi connectivity index (χ1) is 14.8. The highest BCUT2D eigenvalue weighted by molar-refractivity contribution is 7.98. The smallest absolute Gasteiger partial charge is 0.191 e. The number of nitrogens with zero attached hydrogens (tertiary/aromatic N) is 4. The van der Waals surface area contributed by atoms with Gasteiger partial charge in [-0.05, 0) is 44.6 Å². The van der Waals surface area contributed by atoms with Crippen molar-refractivity contribution >= 4 is 17.7 Å². The topological polar surface area (TPSA) is 76.4 Å². The Labute approximate surface area is 184 Å². The fourth-order valence-corrected chi connectivity index (χ4v) is 4.34. The summed E-state index contributed by atoms with van der Waals surface area (Å²) in [6.07, 6.45) is 9.06. The lowest BCUT2D eigenvalue weighted by Crippen LogP contribution is -2.39. The van der Waals surface area contributed by atoms with Crippen molar-refractivity contribution < 1.29 is 4.74 Å². The number of guanidine groups is 1. The summed E-state index contributed by atoms with van der Waals surface area (Å²) in [4.78, 5) is 4.70. The average Bonchev–Trinajstić information content (AvgIpc) is 3.44. The zero-order chi connectivity index (χ0) is 21.0. The van der Waals surface area contributed by atoms with Gasteiger partial charge in [-0.2, -0.15) is 0 Å². The molecule has 3 rings (SSSR count). The molecule has 1 heterocycles. The van der Waals surface area contributed by atoms with Crippen LogP contribution in [-0.4, -0.2) is 53.2 Å². The van der Waals surface area contributed by atoms with Crippen LogP contribution in [0, 0.1) is 0 Å². The number of hydrogen-bond donors (Lipinski definition) is 2. The van der Waals surface area contributed by atoms with Gasteiger partial charge in [0.05, 0.1) is 6.54 Å². The minimum absolute atomic E-state index is 0.574. The van der Waals surface area contributed by atoms with E-state index in [1.807, 2.05) is 30.3 Å². The van der Waals surface area contributed by atoms with E-state index in [4.69, 9.17) is 9.73 Å². The van der Waals surface area contributed by atoms with E-state index in [0.29, 0.717) is 19.2 Å². The third kappa shape index (κ3) is 6.65. The Balaban J connectivity index is 1.44.